The van der Waals surface area contributed by atoms with Crippen molar-refractivity contribution < 1.29 is 13.2 Å². The van der Waals surface area contributed by atoms with E-state index < -0.39 is 10.2 Å². The van der Waals surface area contributed by atoms with E-state index in [1.807, 2.05) is 27.1 Å². The van der Waals surface area contributed by atoms with E-state index in [1.165, 1.54) is 8.61 Å². The van der Waals surface area contributed by atoms with Gasteiger partial charge in [0.15, 0.2) is 0 Å². The molecule has 2 heterocycles. The van der Waals surface area contributed by atoms with E-state index in [9.17, 15) is 8.42 Å². The van der Waals surface area contributed by atoms with Crippen LogP contribution in [0.25, 0.3) is 0 Å². The van der Waals surface area contributed by atoms with Gasteiger partial charge in [-0.25, -0.2) is 0 Å². The molecule has 2 rings (SSSR count). The molecule has 2 atom stereocenters. The number of hydrogen-bond donors (Lipinski definition) is 0. The molecule has 0 bridgehead atoms. The highest BCUT2D eigenvalue weighted by molar-refractivity contribution is 7.86. The Bertz CT molecular complexity index is 547. The van der Waals surface area contributed by atoms with Gasteiger partial charge in [0.1, 0.15) is 0 Å². The molecule has 7 nitrogen and oxygen atoms in total. The van der Waals surface area contributed by atoms with Gasteiger partial charge in [-0.3, -0.25) is 4.68 Å². The fraction of sp³-hybridized carbons (Fsp3) is 0.750. The number of hydrogen-bond acceptors (Lipinski definition) is 4. The standard InChI is InChI=1S/C12H22N4O3S/c1-10-6-16(7-11(2)19-10)20(17,18)15(4)9-12-5-13-14(3)8-12/h5,8,10-11H,6-7,9H2,1-4H3/t10-,11+. The van der Waals surface area contributed by atoms with E-state index >= 15 is 0 Å². The molecule has 114 valence electrons. The van der Waals surface area contributed by atoms with Crippen molar-refractivity contribution in [2.45, 2.75) is 32.6 Å². The Hall–Kier alpha value is -0.960. The summed E-state index contributed by atoms with van der Waals surface area (Å²) in [6, 6.07) is 0. The van der Waals surface area contributed by atoms with Crippen LogP contribution in [0.5, 0.6) is 0 Å². The van der Waals surface area contributed by atoms with Crippen molar-refractivity contribution in [2.75, 3.05) is 20.1 Å². The number of morpholine rings is 1. The molecular formula is C12H22N4O3S. The quantitative estimate of drug-likeness (QED) is 0.797. The third kappa shape index (κ3) is 3.38. The van der Waals surface area contributed by atoms with Crippen LogP contribution in [0.4, 0.5) is 0 Å². The molecule has 0 unspecified atom stereocenters. The molecule has 0 aromatic carbocycles. The number of nitrogens with zero attached hydrogens (tertiary/aromatic N) is 4. The summed E-state index contributed by atoms with van der Waals surface area (Å²) < 4.78 is 35.2. The minimum Gasteiger partial charge on any atom is -0.373 e. The maximum absolute atomic E-state index is 12.6. The Kier molecular flexibility index (Phi) is 4.48. The summed E-state index contributed by atoms with van der Waals surface area (Å²) in [6.07, 6.45) is 3.33. The van der Waals surface area contributed by atoms with Crippen LogP contribution in [0, 0.1) is 0 Å². The lowest BCUT2D eigenvalue weighted by molar-refractivity contribution is -0.0453. The van der Waals surface area contributed by atoms with Crippen molar-refractivity contribution in [2.24, 2.45) is 7.05 Å². The summed E-state index contributed by atoms with van der Waals surface area (Å²) in [6.45, 7) is 4.88. The zero-order valence-corrected chi connectivity index (χ0v) is 13.2. The molecule has 0 amide bonds. The Morgan fingerprint density at radius 1 is 1.40 bits per heavy atom. The maximum Gasteiger partial charge on any atom is 0.282 e. The lowest BCUT2D eigenvalue weighted by Crippen LogP contribution is -2.52. The van der Waals surface area contributed by atoms with Crippen molar-refractivity contribution in [1.82, 2.24) is 18.4 Å². The smallest absolute Gasteiger partial charge is 0.282 e. The molecular weight excluding hydrogens is 280 g/mol. The maximum atomic E-state index is 12.6. The average molecular weight is 302 g/mol. The van der Waals surface area contributed by atoms with Gasteiger partial charge >= 0.3 is 0 Å². The van der Waals surface area contributed by atoms with Gasteiger partial charge < -0.3 is 4.74 Å². The molecule has 0 spiro atoms. The molecule has 1 aliphatic rings. The molecule has 1 aromatic rings. The first-order chi connectivity index (χ1) is 9.29. The highest BCUT2D eigenvalue weighted by atomic mass is 32.2. The monoisotopic (exact) mass is 302 g/mol. The predicted octanol–water partition coefficient (Wildman–Crippen LogP) is 0.206. The first-order valence-corrected chi connectivity index (χ1v) is 8.03. The van der Waals surface area contributed by atoms with Gasteiger partial charge in [-0.1, -0.05) is 0 Å². The molecule has 1 aromatic heterocycles. The SMILES string of the molecule is C[C@@H]1CN(S(=O)(=O)N(C)Cc2cnn(C)c2)C[C@H](C)O1. The number of aryl methyl sites for hydroxylation is 1. The molecule has 0 radical (unpaired) electrons. The molecule has 1 saturated heterocycles. The first kappa shape index (κ1) is 15.4. The van der Waals surface area contributed by atoms with Crippen LogP contribution in [0.3, 0.4) is 0 Å². The van der Waals surface area contributed by atoms with E-state index in [4.69, 9.17) is 4.74 Å². The zero-order chi connectivity index (χ0) is 14.9. The third-order valence-corrected chi connectivity index (χ3v) is 5.14. The third-order valence-electron chi connectivity index (χ3n) is 3.27. The van der Waals surface area contributed by atoms with Crippen molar-refractivity contribution in [3.63, 3.8) is 0 Å². The Morgan fingerprint density at radius 2 is 2.00 bits per heavy atom. The summed E-state index contributed by atoms with van der Waals surface area (Å²) in [4.78, 5) is 0. The fourth-order valence-electron chi connectivity index (χ4n) is 2.41. The van der Waals surface area contributed by atoms with E-state index in [1.54, 1.807) is 17.9 Å². The second kappa shape index (κ2) is 5.80. The second-order valence-corrected chi connectivity index (χ2v) is 7.40. The predicted molar refractivity (Wildman–Crippen MR) is 75.2 cm³/mol. The molecule has 0 saturated carbocycles. The summed E-state index contributed by atoms with van der Waals surface area (Å²) >= 11 is 0. The van der Waals surface area contributed by atoms with Crippen molar-refractivity contribution in [1.29, 1.82) is 0 Å². The van der Waals surface area contributed by atoms with Crippen LogP contribution in [0.1, 0.15) is 19.4 Å². The lowest BCUT2D eigenvalue weighted by atomic mass is 10.3. The van der Waals surface area contributed by atoms with Crippen molar-refractivity contribution in [3.8, 4) is 0 Å². The summed E-state index contributed by atoms with van der Waals surface area (Å²) in [5.41, 5.74) is 0.868. The lowest BCUT2D eigenvalue weighted by Gasteiger charge is -2.36. The van der Waals surface area contributed by atoms with Crippen LogP contribution in [-0.4, -0.2) is 59.2 Å². The molecule has 20 heavy (non-hydrogen) atoms. The Labute approximate surface area is 120 Å². The molecule has 1 fully saturated rings. The van der Waals surface area contributed by atoms with E-state index in [0.717, 1.165) is 5.56 Å². The first-order valence-electron chi connectivity index (χ1n) is 6.63. The van der Waals surface area contributed by atoms with Crippen LogP contribution >= 0.6 is 0 Å². The molecule has 0 aliphatic carbocycles. The topological polar surface area (TPSA) is 67.7 Å². The van der Waals surface area contributed by atoms with Gasteiger partial charge in [-0.2, -0.15) is 22.1 Å². The number of ether oxygens (including phenoxy) is 1. The fourth-order valence-corrected chi connectivity index (χ4v) is 3.91. The molecule has 1 aliphatic heterocycles. The van der Waals surface area contributed by atoms with E-state index in [0.29, 0.717) is 19.6 Å². The van der Waals surface area contributed by atoms with Crippen LogP contribution in [-0.2, 0) is 28.5 Å². The van der Waals surface area contributed by atoms with Crippen LogP contribution in [0.15, 0.2) is 12.4 Å². The minimum absolute atomic E-state index is 0.0830. The van der Waals surface area contributed by atoms with Gasteiger partial charge in [-0.15, -0.1) is 0 Å². The Morgan fingerprint density at radius 3 is 2.50 bits per heavy atom. The van der Waals surface area contributed by atoms with Crippen LogP contribution in [0.2, 0.25) is 0 Å². The minimum atomic E-state index is -3.47. The number of aromatic nitrogens is 2. The molecule has 8 heteroatoms. The Balaban J connectivity index is 2.08. The van der Waals surface area contributed by atoms with E-state index in [-0.39, 0.29) is 12.2 Å². The largest absolute Gasteiger partial charge is 0.373 e. The van der Waals surface area contributed by atoms with Gasteiger partial charge in [0.25, 0.3) is 10.2 Å². The van der Waals surface area contributed by atoms with Crippen molar-refractivity contribution in [3.05, 3.63) is 18.0 Å². The van der Waals surface area contributed by atoms with E-state index in [2.05, 4.69) is 5.10 Å². The van der Waals surface area contributed by atoms with Gasteiger partial charge in [0, 0.05) is 45.5 Å². The van der Waals surface area contributed by atoms with Crippen LogP contribution < -0.4 is 0 Å². The van der Waals surface area contributed by atoms with Gasteiger partial charge in [-0.05, 0) is 13.8 Å². The van der Waals surface area contributed by atoms with Gasteiger partial charge in [0.05, 0.1) is 18.4 Å². The molecule has 0 N–H and O–H groups in total. The van der Waals surface area contributed by atoms with Gasteiger partial charge in [0.2, 0.25) is 0 Å². The highest BCUT2D eigenvalue weighted by Crippen LogP contribution is 2.18. The summed E-state index contributed by atoms with van der Waals surface area (Å²) in [7, 11) is -0.0679. The summed E-state index contributed by atoms with van der Waals surface area (Å²) in [5.74, 6) is 0. The zero-order valence-electron chi connectivity index (χ0n) is 12.4. The van der Waals surface area contributed by atoms with Crippen molar-refractivity contribution >= 4 is 10.2 Å². The summed E-state index contributed by atoms with van der Waals surface area (Å²) in [5, 5.41) is 4.05. The average Bonchev–Trinajstić information content (AvgIpc) is 2.73. The number of rotatable bonds is 4. The highest BCUT2D eigenvalue weighted by Gasteiger charge is 2.33. The second-order valence-electron chi connectivity index (χ2n) is 5.36. The normalized spacial score (nSPS) is 25.2.